The van der Waals surface area contributed by atoms with E-state index in [1.807, 2.05) is 5.48 Å². The molecule has 14 heavy (non-hydrogen) atoms. The predicted molar refractivity (Wildman–Crippen MR) is 48.3 cm³/mol. The van der Waals surface area contributed by atoms with Crippen LogP contribution in [0.25, 0.3) is 0 Å². The van der Waals surface area contributed by atoms with E-state index in [-0.39, 0.29) is 18.0 Å². The topological polar surface area (TPSA) is 84.6 Å². The predicted octanol–water partition coefficient (Wildman–Crippen LogP) is 1.08. The van der Waals surface area contributed by atoms with Gasteiger partial charge < -0.3 is 9.94 Å². The van der Waals surface area contributed by atoms with E-state index >= 15 is 0 Å². The highest BCUT2D eigenvalue weighted by molar-refractivity contribution is 5.48. The molecule has 2 N–H and O–H groups in total. The Bertz CT molecular complexity index is 340. The molecule has 0 aliphatic rings. The van der Waals surface area contributed by atoms with Gasteiger partial charge in [-0.1, -0.05) is 6.07 Å². The van der Waals surface area contributed by atoms with Gasteiger partial charge in [0, 0.05) is 12.6 Å². The molecule has 6 nitrogen and oxygen atoms in total. The van der Waals surface area contributed by atoms with Gasteiger partial charge in [-0.15, -0.1) is 0 Å². The maximum absolute atomic E-state index is 10.6. The average molecular weight is 198 g/mol. The molecule has 0 heterocycles. The summed E-state index contributed by atoms with van der Waals surface area (Å²) in [5, 5.41) is 19.0. The van der Waals surface area contributed by atoms with Gasteiger partial charge in [0.15, 0.2) is 5.75 Å². The Kier molecular flexibility index (Phi) is 3.38. The van der Waals surface area contributed by atoms with Gasteiger partial charge in [-0.05, 0) is 11.6 Å². The number of benzene rings is 1. The summed E-state index contributed by atoms with van der Waals surface area (Å²) >= 11 is 0. The molecular weight excluding hydrogens is 188 g/mol. The van der Waals surface area contributed by atoms with Gasteiger partial charge in [0.25, 0.3) is 0 Å². The van der Waals surface area contributed by atoms with E-state index in [9.17, 15) is 10.1 Å². The van der Waals surface area contributed by atoms with Crippen LogP contribution in [0.4, 0.5) is 5.69 Å². The standard InChI is InChI=1S/C8H10N2O4/c1-14-8-3-2-6(5-9-11)4-7(8)10(12)13/h2-4,9,11H,5H2,1H3. The van der Waals surface area contributed by atoms with E-state index in [4.69, 9.17) is 9.94 Å². The zero-order chi connectivity index (χ0) is 10.6. The van der Waals surface area contributed by atoms with Gasteiger partial charge in [-0.3, -0.25) is 10.1 Å². The highest BCUT2D eigenvalue weighted by Crippen LogP contribution is 2.27. The molecule has 0 atom stereocenters. The van der Waals surface area contributed by atoms with Crippen LogP contribution in [-0.2, 0) is 6.54 Å². The second kappa shape index (κ2) is 4.54. The summed E-state index contributed by atoms with van der Waals surface area (Å²) in [6.45, 7) is 0.158. The lowest BCUT2D eigenvalue weighted by atomic mass is 10.2. The van der Waals surface area contributed by atoms with Crippen molar-refractivity contribution in [2.75, 3.05) is 7.11 Å². The quantitative estimate of drug-likeness (QED) is 0.558. The Morgan fingerprint density at radius 1 is 1.64 bits per heavy atom. The Balaban J connectivity index is 3.07. The number of nitro groups is 1. The molecule has 0 aliphatic heterocycles. The SMILES string of the molecule is COc1ccc(CNO)cc1[N+](=O)[O-]. The summed E-state index contributed by atoms with van der Waals surface area (Å²) in [6, 6.07) is 4.47. The van der Waals surface area contributed by atoms with Crippen LogP contribution in [0.15, 0.2) is 18.2 Å². The van der Waals surface area contributed by atoms with Crippen LogP contribution in [0.3, 0.4) is 0 Å². The Morgan fingerprint density at radius 2 is 2.36 bits per heavy atom. The fourth-order valence-corrected chi connectivity index (χ4v) is 1.08. The maximum Gasteiger partial charge on any atom is 0.311 e. The lowest BCUT2D eigenvalue weighted by Crippen LogP contribution is -2.06. The monoisotopic (exact) mass is 198 g/mol. The highest BCUT2D eigenvalue weighted by Gasteiger charge is 2.14. The highest BCUT2D eigenvalue weighted by atomic mass is 16.6. The van der Waals surface area contributed by atoms with Crippen LogP contribution >= 0.6 is 0 Å². The molecule has 0 fully saturated rings. The summed E-state index contributed by atoms with van der Waals surface area (Å²) in [5.74, 6) is 0.205. The van der Waals surface area contributed by atoms with Gasteiger partial charge in [0.05, 0.1) is 12.0 Å². The van der Waals surface area contributed by atoms with E-state index in [0.717, 1.165) is 0 Å². The zero-order valence-electron chi connectivity index (χ0n) is 7.56. The van der Waals surface area contributed by atoms with E-state index < -0.39 is 4.92 Å². The number of nitro benzene ring substituents is 1. The molecule has 0 aliphatic carbocycles. The normalized spacial score (nSPS) is 9.86. The van der Waals surface area contributed by atoms with Crippen LogP contribution < -0.4 is 10.2 Å². The molecule has 0 saturated carbocycles. The van der Waals surface area contributed by atoms with Crippen molar-refractivity contribution in [2.24, 2.45) is 0 Å². The summed E-state index contributed by atoms with van der Waals surface area (Å²) in [5.41, 5.74) is 2.42. The van der Waals surface area contributed by atoms with Crippen molar-refractivity contribution in [3.8, 4) is 5.75 Å². The summed E-state index contributed by atoms with van der Waals surface area (Å²) in [4.78, 5) is 10.1. The Morgan fingerprint density at radius 3 is 2.86 bits per heavy atom. The maximum atomic E-state index is 10.6. The lowest BCUT2D eigenvalue weighted by molar-refractivity contribution is -0.385. The van der Waals surface area contributed by atoms with Gasteiger partial charge >= 0.3 is 5.69 Å². The average Bonchev–Trinajstić information content (AvgIpc) is 2.18. The first-order valence-electron chi connectivity index (χ1n) is 3.87. The van der Waals surface area contributed by atoms with Crippen molar-refractivity contribution in [3.63, 3.8) is 0 Å². The number of nitrogens with one attached hydrogen (secondary N) is 1. The molecule has 1 aromatic carbocycles. The number of ether oxygens (including phenoxy) is 1. The second-order valence-electron chi connectivity index (χ2n) is 2.60. The third-order valence-electron chi connectivity index (χ3n) is 1.72. The summed E-state index contributed by atoms with van der Waals surface area (Å²) < 4.78 is 4.82. The zero-order valence-corrected chi connectivity index (χ0v) is 7.56. The molecule has 0 spiro atoms. The van der Waals surface area contributed by atoms with Gasteiger partial charge in [-0.2, -0.15) is 0 Å². The number of methoxy groups -OCH3 is 1. The second-order valence-corrected chi connectivity index (χ2v) is 2.60. The van der Waals surface area contributed by atoms with Gasteiger partial charge in [0.2, 0.25) is 0 Å². The summed E-state index contributed by atoms with van der Waals surface area (Å²) in [7, 11) is 1.37. The first-order chi connectivity index (χ1) is 6.69. The van der Waals surface area contributed by atoms with E-state index in [0.29, 0.717) is 5.56 Å². The smallest absolute Gasteiger partial charge is 0.311 e. The lowest BCUT2D eigenvalue weighted by Gasteiger charge is -2.03. The van der Waals surface area contributed by atoms with Crippen molar-refractivity contribution < 1.29 is 14.9 Å². The number of rotatable bonds is 4. The fraction of sp³-hybridized carbons (Fsp3) is 0.250. The first-order valence-corrected chi connectivity index (χ1v) is 3.87. The third-order valence-corrected chi connectivity index (χ3v) is 1.72. The van der Waals surface area contributed by atoms with Crippen LogP contribution in [0.2, 0.25) is 0 Å². The van der Waals surface area contributed by atoms with Crippen molar-refractivity contribution in [2.45, 2.75) is 6.54 Å². The molecular formula is C8H10N2O4. The number of hydrogen-bond donors (Lipinski definition) is 2. The number of nitrogens with zero attached hydrogens (tertiary/aromatic N) is 1. The van der Waals surface area contributed by atoms with Gasteiger partial charge in [0.1, 0.15) is 0 Å². The van der Waals surface area contributed by atoms with Crippen LogP contribution in [0, 0.1) is 10.1 Å². The molecule has 0 aromatic heterocycles. The third kappa shape index (κ3) is 2.18. The molecule has 1 aromatic rings. The molecule has 0 amide bonds. The van der Waals surface area contributed by atoms with Gasteiger partial charge in [-0.25, -0.2) is 5.48 Å². The van der Waals surface area contributed by atoms with Crippen molar-refractivity contribution in [1.82, 2.24) is 5.48 Å². The van der Waals surface area contributed by atoms with Crippen LogP contribution in [0.1, 0.15) is 5.56 Å². The minimum absolute atomic E-state index is 0.111. The van der Waals surface area contributed by atoms with Crippen LogP contribution in [-0.4, -0.2) is 17.2 Å². The fourth-order valence-electron chi connectivity index (χ4n) is 1.08. The molecule has 0 bridgehead atoms. The van der Waals surface area contributed by atoms with Crippen molar-refractivity contribution in [1.29, 1.82) is 0 Å². The number of hydroxylamine groups is 1. The molecule has 6 heteroatoms. The largest absolute Gasteiger partial charge is 0.490 e. The molecule has 1 rings (SSSR count). The Hall–Kier alpha value is -1.66. The summed E-state index contributed by atoms with van der Waals surface area (Å²) in [6.07, 6.45) is 0. The van der Waals surface area contributed by atoms with Crippen LogP contribution in [0.5, 0.6) is 5.75 Å². The minimum atomic E-state index is -0.528. The molecule has 76 valence electrons. The van der Waals surface area contributed by atoms with Crippen molar-refractivity contribution in [3.05, 3.63) is 33.9 Å². The molecule has 0 unspecified atom stereocenters. The molecule has 0 saturated heterocycles. The van der Waals surface area contributed by atoms with E-state index in [1.54, 1.807) is 6.07 Å². The van der Waals surface area contributed by atoms with E-state index in [1.165, 1.54) is 19.2 Å². The number of hydrogen-bond acceptors (Lipinski definition) is 5. The minimum Gasteiger partial charge on any atom is -0.490 e. The van der Waals surface area contributed by atoms with Crippen molar-refractivity contribution >= 4 is 5.69 Å². The Labute approximate surface area is 80.2 Å². The molecule has 0 radical (unpaired) electrons. The first kappa shape index (κ1) is 10.4. The van der Waals surface area contributed by atoms with E-state index in [2.05, 4.69) is 0 Å².